The molecule has 1 aliphatic heterocycles. The fraction of sp³-hybridized carbons (Fsp3) is 0.333. The molecule has 0 spiro atoms. The molecule has 0 amide bonds. The Morgan fingerprint density at radius 3 is 2.23 bits per heavy atom. The van der Waals surface area contributed by atoms with E-state index in [1.54, 1.807) is 24.3 Å². The van der Waals surface area contributed by atoms with Gasteiger partial charge in [0, 0.05) is 44.6 Å². The Hall–Kier alpha value is -2.91. The van der Waals surface area contributed by atoms with Gasteiger partial charge in [-0.2, -0.15) is 4.31 Å². The molecule has 1 fully saturated rings. The number of rotatable bonds is 6. The lowest BCUT2D eigenvalue weighted by molar-refractivity contribution is 0.340. The lowest BCUT2D eigenvalue weighted by Gasteiger charge is -2.34. The zero-order chi connectivity index (χ0) is 21.1. The SMILES string of the molecule is CCOc1ccc(S(=O)(=O)N2CCN(c3cc(-n4cccc4)nc(C)n3)CC2)cc1. The van der Waals surface area contributed by atoms with Crippen LogP contribution in [0.15, 0.2) is 59.8 Å². The largest absolute Gasteiger partial charge is 0.494 e. The second kappa shape index (κ2) is 8.45. The molecular weight excluding hydrogens is 402 g/mol. The predicted molar refractivity (Wildman–Crippen MR) is 115 cm³/mol. The van der Waals surface area contributed by atoms with Gasteiger partial charge in [0.2, 0.25) is 10.0 Å². The number of piperazine rings is 1. The lowest BCUT2D eigenvalue weighted by Crippen LogP contribution is -2.49. The molecule has 30 heavy (non-hydrogen) atoms. The summed E-state index contributed by atoms with van der Waals surface area (Å²) in [7, 11) is -3.54. The van der Waals surface area contributed by atoms with Crippen LogP contribution in [-0.4, -0.2) is 60.0 Å². The number of ether oxygens (including phenoxy) is 1. The molecule has 0 radical (unpaired) electrons. The van der Waals surface area contributed by atoms with E-state index in [9.17, 15) is 8.42 Å². The summed E-state index contributed by atoms with van der Waals surface area (Å²) < 4.78 is 34.9. The van der Waals surface area contributed by atoms with Gasteiger partial charge in [-0.15, -0.1) is 0 Å². The lowest BCUT2D eigenvalue weighted by atomic mass is 10.3. The van der Waals surface area contributed by atoms with Crippen molar-refractivity contribution in [2.45, 2.75) is 18.7 Å². The van der Waals surface area contributed by atoms with Gasteiger partial charge in [-0.1, -0.05) is 0 Å². The number of nitrogens with zero attached hydrogens (tertiary/aromatic N) is 5. The smallest absolute Gasteiger partial charge is 0.243 e. The molecule has 0 atom stereocenters. The van der Waals surface area contributed by atoms with Crippen LogP contribution in [0.1, 0.15) is 12.7 Å². The molecular formula is C21H25N5O3S. The van der Waals surface area contributed by atoms with Gasteiger partial charge in [0.15, 0.2) is 0 Å². The van der Waals surface area contributed by atoms with Gasteiger partial charge >= 0.3 is 0 Å². The number of sulfonamides is 1. The summed E-state index contributed by atoms with van der Waals surface area (Å²) in [6, 6.07) is 12.4. The highest BCUT2D eigenvalue weighted by Crippen LogP contribution is 2.23. The molecule has 3 aromatic rings. The van der Waals surface area contributed by atoms with Gasteiger partial charge in [0.1, 0.15) is 23.2 Å². The van der Waals surface area contributed by atoms with Crippen LogP contribution < -0.4 is 9.64 Å². The molecule has 4 rings (SSSR count). The van der Waals surface area contributed by atoms with Crippen LogP contribution in [0.3, 0.4) is 0 Å². The maximum atomic E-state index is 13.0. The quantitative estimate of drug-likeness (QED) is 0.601. The second-order valence-electron chi connectivity index (χ2n) is 7.02. The third-order valence-corrected chi connectivity index (χ3v) is 6.93. The van der Waals surface area contributed by atoms with Crippen molar-refractivity contribution < 1.29 is 13.2 Å². The van der Waals surface area contributed by atoms with Crippen LogP contribution in [0.25, 0.3) is 5.82 Å². The molecule has 1 aliphatic rings. The number of hydrogen-bond acceptors (Lipinski definition) is 6. The molecule has 3 heterocycles. The van der Waals surface area contributed by atoms with E-state index in [0.717, 1.165) is 11.6 Å². The van der Waals surface area contributed by atoms with Gasteiger partial charge in [-0.25, -0.2) is 18.4 Å². The summed E-state index contributed by atoms with van der Waals surface area (Å²) in [6.07, 6.45) is 3.87. The van der Waals surface area contributed by atoms with Crippen LogP contribution in [0, 0.1) is 6.92 Å². The highest BCUT2D eigenvalue weighted by atomic mass is 32.2. The van der Waals surface area contributed by atoms with E-state index in [0.29, 0.717) is 44.4 Å². The van der Waals surface area contributed by atoms with Crippen molar-refractivity contribution in [3.8, 4) is 11.6 Å². The monoisotopic (exact) mass is 427 g/mol. The zero-order valence-corrected chi connectivity index (χ0v) is 17.9. The van der Waals surface area contributed by atoms with Crippen LogP contribution >= 0.6 is 0 Å². The minimum absolute atomic E-state index is 0.284. The molecule has 0 saturated carbocycles. The van der Waals surface area contributed by atoms with E-state index in [1.807, 2.05) is 49.0 Å². The van der Waals surface area contributed by atoms with E-state index in [2.05, 4.69) is 14.9 Å². The Labute approximate surface area is 176 Å². The third-order valence-electron chi connectivity index (χ3n) is 5.02. The summed E-state index contributed by atoms with van der Waals surface area (Å²) in [5, 5.41) is 0. The van der Waals surface area contributed by atoms with Gasteiger partial charge in [-0.3, -0.25) is 0 Å². The first-order valence-electron chi connectivity index (χ1n) is 9.94. The summed E-state index contributed by atoms with van der Waals surface area (Å²) in [6.45, 7) is 6.24. The Bertz CT molecular complexity index is 1090. The molecule has 0 unspecified atom stereocenters. The van der Waals surface area contributed by atoms with E-state index in [-0.39, 0.29) is 4.90 Å². The standard InChI is InChI=1S/C21H25N5O3S/c1-3-29-18-6-8-19(9-7-18)30(27,28)26-14-12-25(13-15-26)21-16-20(22-17(2)23-21)24-10-4-5-11-24/h4-11,16H,3,12-15H2,1-2H3. The van der Waals surface area contributed by atoms with Crippen molar-refractivity contribution in [2.24, 2.45) is 0 Å². The van der Waals surface area contributed by atoms with Crippen LogP contribution in [0.2, 0.25) is 0 Å². The molecule has 2 aromatic heterocycles. The van der Waals surface area contributed by atoms with Crippen molar-refractivity contribution in [1.29, 1.82) is 0 Å². The first-order chi connectivity index (χ1) is 14.5. The van der Waals surface area contributed by atoms with Crippen molar-refractivity contribution in [1.82, 2.24) is 18.8 Å². The summed E-state index contributed by atoms with van der Waals surface area (Å²) in [4.78, 5) is 11.4. The minimum Gasteiger partial charge on any atom is -0.494 e. The van der Waals surface area contributed by atoms with Crippen molar-refractivity contribution in [3.05, 3.63) is 60.7 Å². The number of benzene rings is 1. The molecule has 9 heteroatoms. The van der Waals surface area contributed by atoms with Gasteiger partial charge < -0.3 is 14.2 Å². The van der Waals surface area contributed by atoms with Crippen LogP contribution in [-0.2, 0) is 10.0 Å². The Morgan fingerprint density at radius 2 is 1.60 bits per heavy atom. The Balaban J connectivity index is 1.47. The van der Waals surface area contributed by atoms with E-state index < -0.39 is 10.0 Å². The third kappa shape index (κ3) is 4.17. The number of aromatic nitrogens is 3. The number of anilines is 1. The van der Waals surface area contributed by atoms with Crippen molar-refractivity contribution in [2.75, 3.05) is 37.7 Å². The molecule has 158 valence electrons. The highest BCUT2D eigenvalue weighted by molar-refractivity contribution is 7.89. The minimum atomic E-state index is -3.54. The van der Waals surface area contributed by atoms with E-state index >= 15 is 0 Å². The highest BCUT2D eigenvalue weighted by Gasteiger charge is 2.29. The molecule has 0 N–H and O–H groups in total. The van der Waals surface area contributed by atoms with E-state index in [1.165, 1.54) is 4.31 Å². The topological polar surface area (TPSA) is 80.6 Å². The molecule has 1 saturated heterocycles. The maximum absolute atomic E-state index is 13.0. The van der Waals surface area contributed by atoms with Gasteiger partial charge in [-0.05, 0) is 50.2 Å². The van der Waals surface area contributed by atoms with Crippen molar-refractivity contribution >= 4 is 15.8 Å². The predicted octanol–water partition coefficient (Wildman–Crippen LogP) is 2.49. The fourth-order valence-electron chi connectivity index (χ4n) is 3.50. The Kier molecular flexibility index (Phi) is 5.74. The average Bonchev–Trinajstić information content (AvgIpc) is 3.29. The second-order valence-corrected chi connectivity index (χ2v) is 8.96. The molecule has 1 aromatic carbocycles. The fourth-order valence-corrected chi connectivity index (χ4v) is 4.92. The molecule has 0 aliphatic carbocycles. The first-order valence-corrected chi connectivity index (χ1v) is 11.4. The summed E-state index contributed by atoms with van der Waals surface area (Å²) in [5.74, 6) is 2.95. The van der Waals surface area contributed by atoms with Crippen LogP contribution in [0.4, 0.5) is 5.82 Å². The van der Waals surface area contributed by atoms with Gasteiger partial charge in [0.05, 0.1) is 11.5 Å². The normalized spacial score (nSPS) is 15.3. The van der Waals surface area contributed by atoms with Crippen molar-refractivity contribution in [3.63, 3.8) is 0 Å². The number of hydrogen-bond donors (Lipinski definition) is 0. The zero-order valence-electron chi connectivity index (χ0n) is 17.1. The molecule has 8 nitrogen and oxygen atoms in total. The van der Waals surface area contributed by atoms with Gasteiger partial charge in [0.25, 0.3) is 0 Å². The number of aryl methyl sites for hydroxylation is 1. The maximum Gasteiger partial charge on any atom is 0.243 e. The molecule has 0 bridgehead atoms. The Morgan fingerprint density at radius 1 is 0.967 bits per heavy atom. The first kappa shape index (κ1) is 20.4. The average molecular weight is 428 g/mol. The van der Waals surface area contributed by atoms with E-state index in [4.69, 9.17) is 4.74 Å². The summed E-state index contributed by atoms with van der Waals surface area (Å²) >= 11 is 0. The van der Waals surface area contributed by atoms with Crippen LogP contribution in [0.5, 0.6) is 5.75 Å². The summed E-state index contributed by atoms with van der Waals surface area (Å²) in [5.41, 5.74) is 0.